The first kappa shape index (κ1) is 10.2. The van der Waals surface area contributed by atoms with E-state index in [0.29, 0.717) is 0 Å². The molecule has 2 nitrogen and oxygen atoms in total. The van der Waals surface area contributed by atoms with Gasteiger partial charge in [0.05, 0.1) is 12.1 Å². The summed E-state index contributed by atoms with van der Waals surface area (Å²) in [7, 11) is 0. The predicted octanol–water partition coefficient (Wildman–Crippen LogP) is 2.35. The molecule has 1 aromatic rings. The third-order valence-corrected chi connectivity index (χ3v) is 3.12. The van der Waals surface area contributed by atoms with Crippen molar-refractivity contribution in [3.05, 3.63) is 35.4 Å². The zero-order chi connectivity index (χ0) is 10.7. The van der Waals surface area contributed by atoms with Crippen molar-refractivity contribution in [1.82, 2.24) is 4.90 Å². The third kappa shape index (κ3) is 2.19. The second-order valence-corrected chi connectivity index (χ2v) is 4.15. The smallest absolute Gasteiger partial charge is 0.0952 e. The second kappa shape index (κ2) is 4.46. The van der Waals surface area contributed by atoms with E-state index in [2.05, 4.69) is 35.2 Å². The van der Waals surface area contributed by atoms with Crippen LogP contribution in [0, 0.1) is 11.3 Å². The van der Waals surface area contributed by atoms with Crippen molar-refractivity contribution < 1.29 is 0 Å². The van der Waals surface area contributed by atoms with E-state index < -0.39 is 0 Å². The fraction of sp³-hybridized carbons (Fsp3) is 0.462. The van der Waals surface area contributed by atoms with Gasteiger partial charge >= 0.3 is 0 Å². The molecular formula is C13H16N2. The average molecular weight is 200 g/mol. The van der Waals surface area contributed by atoms with Crippen LogP contribution in [0.25, 0.3) is 0 Å². The lowest BCUT2D eigenvalue weighted by atomic mass is 10.0. The Morgan fingerprint density at radius 2 is 2.07 bits per heavy atom. The number of rotatable bonds is 1. The van der Waals surface area contributed by atoms with Crippen molar-refractivity contribution in [2.45, 2.75) is 32.4 Å². The quantitative estimate of drug-likeness (QED) is 0.695. The minimum absolute atomic E-state index is 0.0242. The van der Waals surface area contributed by atoms with E-state index in [-0.39, 0.29) is 6.04 Å². The number of hydrogen-bond acceptors (Lipinski definition) is 2. The van der Waals surface area contributed by atoms with Crippen molar-refractivity contribution in [2.75, 3.05) is 6.54 Å². The summed E-state index contributed by atoms with van der Waals surface area (Å²) in [5, 5.41) is 8.94. The summed E-state index contributed by atoms with van der Waals surface area (Å²) < 4.78 is 0. The van der Waals surface area contributed by atoms with Gasteiger partial charge in [-0.2, -0.15) is 5.26 Å². The molecule has 78 valence electrons. The van der Waals surface area contributed by atoms with Crippen molar-refractivity contribution in [3.8, 4) is 6.07 Å². The molecule has 0 amide bonds. The lowest BCUT2D eigenvalue weighted by Gasteiger charge is -2.22. The highest BCUT2D eigenvalue weighted by atomic mass is 15.1. The Kier molecular flexibility index (Phi) is 3.03. The highest BCUT2D eigenvalue weighted by Crippen LogP contribution is 2.19. The summed E-state index contributed by atoms with van der Waals surface area (Å²) in [6, 6.07) is 10.9. The molecule has 1 heterocycles. The van der Waals surface area contributed by atoms with Gasteiger partial charge in [0, 0.05) is 13.1 Å². The molecule has 0 spiro atoms. The molecule has 2 heteroatoms. The summed E-state index contributed by atoms with van der Waals surface area (Å²) >= 11 is 0. The predicted molar refractivity (Wildman–Crippen MR) is 60.2 cm³/mol. The second-order valence-electron chi connectivity index (χ2n) is 4.15. The van der Waals surface area contributed by atoms with Crippen LogP contribution in [0.4, 0.5) is 0 Å². The normalized spacial score (nSPS) is 18.7. The maximum atomic E-state index is 8.94. The van der Waals surface area contributed by atoms with Crippen molar-refractivity contribution in [1.29, 1.82) is 5.26 Å². The standard InChI is InChI=1S/C13H16N2/c1-11(9-14)15-8-4-7-12-5-2-3-6-13(12)10-15/h2-3,5-6,11H,4,7-8,10H2,1H3. The van der Waals surface area contributed by atoms with Crippen LogP contribution in [0.2, 0.25) is 0 Å². The zero-order valence-electron chi connectivity index (χ0n) is 9.11. The number of fused-ring (bicyclic) bond motifs is 1. The SMILES string of the molecule is CC(C#N)N1CCCc2ccccc2C1. The van der Waals surface area contributed by atoms with Crippen molar-refractivity contribution in [3.63, 3.8) is 0 Å². The fourth-order valence-electron chi connectivity index (χ4n) is 2.14. The fourth-order valence-corrected chi connectivity index (χ4v) is 2.14. The highest BCUT2D eigenvalue weighted by molar-refractivity contribution is 5.28. The van der Waals surface area contributed by atoms with Gasteiger partial charge in [-0.05, 0) is 30.9 Å². The molecule has 0 saturated heterocycles. The van der Waals surface area contributed by atoms with Crippen LogP contribution in [-0.2, 0) is 13.0 Å². The Morgan fingerprint density at radius 1 is 1.33 bits per heavy atom. The number of nitrogens with zero attached hydrogens (tertiary/aromatic N) is 2. The highest BCUT2D eigenvalue weighted by Gasteiger charge is 2.17. The molecule has 1 aliphatic heterocycles. The minimum Gasteiger partial charge on any atom is -0.284 e. The van der Waals surface area contributed by atoms with Crippen LogP contribution >= 0.6 is 0 Å². The molecule has 0 N–H and O–H groups in total. The zero-order valence-corrected chi connectivity index (χ0v) is 9.11. The van der Waals surface area contributed by atoms with Crippen LogP contribution in [0.3, 0.4) is 0 Å². The van der Waals surface area contributed by atoms with E-state index in [9.17, 15) is 0 Å². The van der Waals surface area contributed by atoms with Gasteiger partial charge in [-0.25, -0.2) is 0 Å². The minimum atomic E-state index is 0.0242. The first-order chi connectivity index (χ1) is 7.31. The van der Waals surface area contributed by atoms with Gasteiger partial charge < -0.3 is 0 Å². The van der Waals surface area contributed by atoms with E-state index in [4.69, 9.17) is 5.26 Å². The topological polar surface area (TPSA) is 27.0 Å². The number of aryl methyl sites for hydroxylation is 1. The summed E-state index contributed by atoms with van der Waals surface area (Å²) in [5.41, 5.74) is 2.84. The Labute approximate surface area is 91.1 Å². The van der Waals surface area contributed by atoms with Gasteiger partial charge in [0.25, 0.3) is 0 Å². The monoisotopic (exact) mass is 200 g/mol. The molecule has 1 aliphatic rings. The van der Waals surface area contributed by atoms with E-state index in [1.54, 1.807) is 0 Å². The summed E-state index contributed by atoms with van der Waals surface area (Å²) in [5.74, 6) is 0. The molecule has 0 aromatic heterocycles. The Balaban J connectivity index is 2.22. The van der Waals surface area contributed by atoms with Crippen LogP contribution in [0.1, 0.15) is 24.5 Å². The molecule has 2 rings (SSSR count). The molecule has 0 fully saturated rings. The van der Waals surface area contributed by atoms with Crippen LogP contribution in [0.5, 0.6) is 0 Å². The van der Waals surface area contributed by atoms with Gasteiger partial charge in [0.1, 0.15) is 0 Å². The lowest BCUT2D eigenvalue weighted by Crippen LogP contribution is -2.31. The Bertz CT molecular complexity index is 378. The van der Waals surface area contributed by atoms with E-state index in [0.717, 1.165) is 25.9 Å². The molecule has 1 atom stereocenters. The molecule has 1 aromatic carbocycles. The van der Waals surface area contributed by atoms with Gasteiger partial charge in [-0.15, -0.1) is 0 Å². The molecule has 0 radical (unpaired) electrons. The van der Waals surface area contributed by atoms with Gasteiger partial charge in [0.2, 0.25) is 0 Å². The third-order valence-electron chi connectivity index (χ3n) is 3.12. The van der Waals surface area contributed by atoms with Crippen LogP contribution in [-0.4, -0.2) is 17.5 Å². The summed E-state index contributed by atoms with van der Waals surface area (Å²) in [4.78, 5) is 2.26. The average Bonchev–Trinajstić information content (AvgIpc) is 2.49. The largest absolute Gasteiger partial charge is 0.284 e. The van der Waals surface area contributed by atoms with Crippen LogP contribution < -0.4 is 0 Å². The van der Waals surface area contributed by atoms with E-state index in [1.165, 1.54) is 11.1 Å². The maximum Gasteiger partial charge on any atom is 0.0952 e. The molecule has 15 heavy (non-hydrogen) atoms. The molecule has 1 unspecified atom stereocenters. The van der Waals surface area contributed by atoms with Crippen LogP contribution in [0.15, 0.2) is 24.3 Å². The first-order valence-corrected chi connectivity index (χ1v) is 5.51. The van der Waals surface area contributed by atoms with E-state index >= 15 is 0 Å². The number of benzene rings is 1. The Hall–Kier alpha value is -1.33. The Morgan fingerprint density at radius 3 is 2.80 bits per heavy atom. The number of nitriles is 1. The van der Waals surface area contributed by atoms with Gasteiger partial charge in [-0.1, -0.05) is 24.3 Å². The van der Waals surface area contributed by atoms with Crippen molar-refractivity contribution >= 4 is 0 Å². The molecular weight excluding hydrogens is 184 g/mol. The molecule has 0 aliphatic carbocycles. The molecule has 0 bridgehead atoms. The summed E-state index contributed by atoms with van der Waals surface area (Å²) in [6.07, 6.45) is 2.30. The first-order valence-electron chi connectivity index (χ1n) is 5.51. The number of hydrogen-bond donors (Lipinski definition) is 0. The van der Waals surface area contributed by atoms with Crippen molar-refractivity contribution in [2.24, 2.45) is 0 Å². The van der Waals surface area contributed by atoms with Gasteiger partial charge in [0.15, 0.2) is 0 Å². The van der Waals surface area contributed by atoms with E-state index in [1.807, 2.05) is 6.92 Å². The molecule has 0 saturated carbocycles. The lowest BCUT2D eigenvalue weighted by molar-refractivity contribution is 0.241. The maximum absolute atomic E-state index is 8.94. The summed E-state index contributed by atoms with van der Waals surface area (Å²) in [6.45, 7) is 3.93. The van der Waals surface area contributed by atoms with Gasteiger partial charge in [-0.3, -0.25) is 4.90 Å².